The van der Waals surface area contributed by atoms with Crippen LogP contribution in [0.5, 0.6) is 0 Å². The molecule has 0 amide bonds. The molecule has 0 radical (unpaired) electrons. The molecule has 1 fully saturated rings. The molecule has 0 aromatic heterocycles. The van der Waals surface area contributed by atoms with Crippen molar-refractivity contribution in [2.45, 2.75) is 44.0 Å². The zero-order valence-corrected chi connectivity index (χ0v) is 13.3. The van der Waals surface area contributed by atoms with Crippen LogP contribution >= 0.6 is 0 Å². The topological polar surface area (TPSA) is 49.4 Å². The second-order valence-corrected chi connectivity index (χ2v) is 7.59. The average Bonchev–Trinajstić information content (AvgIpc) is 2.66. The molecule has 1 unspecified atom stereocenters. The van der Waals surface area contributed by atoms with E-state index in [0.29, 0.717) is 4.90 Å². The zero-order valence-electron chi connectivity index (χ0n) is 12.5. The summed E-state index contributed by atoms with van der Waals surface area (Å²) in [7, 11) is -1.68. The highest BCUT2D eigenvalue weighted by Crippen LogP contribution is 2.24. The van der Waals surface area contributed by atoms with Gasteiger partial charge in [0.25, 0.3) is 0 Å². The van der Waals surface area contributed by atoms with Gasteiger partial charge in [-0.05, 0) is 57.8 Å². The molecule has 1 aliphatic heterocycles. The molecule has 1 aliphatic rings. The van der Waals surface area contributed by atoms with Gasteiger partial charge in [-0.25, -0.2) is 8.42 Å². The molecular formula is C15H24N2O2S. The molecule has 112 valence electrons. The molecule has 1 N–H and O–H groups in total. The Morgan fingerprint density at radius 2 is 1.95 bits per heavy atom. The lowest BCUT2D eigenvalue weighted by Crippen LogP contribution is -2.37. The number of rotatable bonds is 3. The fourth-order valence-electron chi connectivity index (χ4n) is 2.80. The van der Waals surface area contributed by atoms with E-state index in [1.165, 1.54) is 0 Å². The summed E-state index contributed by atoms with van der Waals surface area (Å²) >= 11 is 0. The maximum Gasteiger partial charge on any atom is 0.243 e. The van der Waals surface area contributed by atoms with E-state index in [9.17, 15) is 8.42 Å². The van der Waals surface area contributed by atoms with Crippen LogP contribution in [0.4, 0.5) is 0 Å². The first-order valence-corrected chi connectivity index (χ1v) is 8.63. The third-order valence-electron chi connectivity index (χ3n) is 4.05. The van der Waals surface area contributed by atoms with Crippen LogP contribution in [-0.4, -0.2) is 38.9 Å². The summed E-state index contributed by atoms with van der Waals surface area (Å²) in [6, 6.07) is 5.61. The van der Waals surface area contributed by atoms with Crippen molar-refractivity contribution in [2.24, 2.45) is 0 Å². The molecule has 0 bridgehead atoms. The first kappa shape index (κ1) is 15.5. The minimum atomic E-state index is -3.40. The van der Waals surface area contributed by atoms with Crippen molar-refractivity contribution in [3.05, 3.63) is 29.3 Å². The van der Waals surface area contributed by atoms with E-state index in [-0.39, 0.29) is 6.04 Å². The molecule has 1 heterocycles. The van der Waals surface area contributed by atoms with E-state index >= 15 is 0 Å². The Kier molecular flexibility index (Phi) is 4.83. The third-order valence-corrected chi connectivity index (χ3v) is 6.12. The third kappa shape index (κ3) is 3.22. The van der Waals surface area contributed by atoms with Gasteiger partial charge >= 0.3 is 0 Å². The summed E-state index contributed by atoms with van der Waals surface area (Å²) in [6.07, 6.45) is 2.83. The van der Waals surface area contributed by atoms with E-state index in [2.05, 4.69) is 5.32 Å². The molecule has 1 aromatic carbocycles. The Hall–Kier alpha value is -0.910. The van der Waals surface area contributed by atoms with Crippen LogP contribution in [0.1, 0.15) is 30.4 Å². The summed E-state index contributed by atoms with van der Waals surface area (Å²) in [5.74, 6) is 0. The number of aryl methyl sites for hydroxylation is 2. The van der Waals surface area contributed by atoms with Crippen LogP contribution in [0.15, 0.2) is 23.1 Å². The molecular weight excluding hydrogens is 272 g/mol. The largest absolute Gasteiger partial charge is 0.317 e. The van der Waals surface area contributed by atoms with Gasteiger partial charge in [0.1, 0.15) is 0 Å². The number of nitrogens with one attached hydrogen (secondary N) is 1. The van der Waals surface area contributed by atoms with Gasteiger partial charge in [0, 0.05) is 13.1 Å². The Labute approximate surface area is 122 Å². The first-order valence-electron chi connectivity index (χ1n) is 7.19. The van der Waals surface area contributed by atoms with Crippen molar-refractivity contribution in [3.63, 3.8) is 0 Å². The van der Waals surface area contributed by atoms with Crippen LogP contribution in [0.3, 0.4) is 0 Å². The SMILES string of the molecule is Cc1ccc(S(=O)(=O)N(C)C2CCCNCC2)c(C)c1. The van der Waals surface area contributed by atoms with Crippen molar-refractivity contribution in [1.82, 2.24) is 9.62 Å². The number of hydrogen-bond donors (Lipinski definition) is 1. The van der Waals surface area contributed by atoms with Gasteiger partial charge in [-0.2, -0.15) is 4.31 Å². The smallest absolute Gasteiger partial charge is 0.243 e. The molecule has 0 aliphatic carbocycles. The van der Waals surface area contributed by atoms with Crippen molar-refractivity contribution < 1.29 is 8.42 Å². The van der Waals surface area contributed by atoms with Gasteiger partial charge in [-0.3, -0.25) is 0 Å². The molecule has 1 atom stereocenters. The predicted octanol–water partition coefficient (Wildman–Crippen LogP) is 2.07. The molecule has 0 spiro atoms. The minimum Gasteiger partial charge on any atom is -0.317 e. The summed E-state index contributed by atoms with van der Waals surface area (Å²) in [5, 5.41) is 3.32. The highest BCUT2D eigenvalue weighted by atomic mass is 32.2. The second kappa shape index (κ2) is 6.24. The van der Waals surface area contributed by atoms with E-state index < -0.39 is 10.0 Å². The summed E-state index contributed by atoms with van der Waals surface area (Å²) < 4.78 is 27.1. The molecule has 1 aromatic rings. The Morgan fingerprint density at radius 1 is 1.20 bits per heavy atom. The monoisotopic (exact) mass is 296 g/mol. The molecule has 2 rings (SSSR count). The second-order valence-electron chi connectivity index (χ2n) is 5.62. The zero-order chi connectivity index (χ0) is 14.8. The Bertz CT molecular complexity index is 561. The standard InChI is InChI=1S/C15H24N2O2S/c1-12-6-7-15(13(2)11-12)20(18,19)17(3)14-5-4-9-16-10-8-14/h6-7,11,14,16H,4-5,8-10H2,1-3H3. The van der Waals surface area contributed by atoms with Crippen LogP contribution in [-0.2, 0) is 10.0 Å². The minimum absolute atomic E-state index is 0.0932. The fourth-order valence-corrected chi connectivity index (χ4v) is 4.42. The van der Waals surface area contributed by atoms with Crippen molar-refractivity contribution in [3.8, 4) is 0 Å². The van der Waals surface area contributed by atoms with Gasteiger partial charge in [-0.1, -0.05) is 17.7 Å². The van der Waals surface area contributed by atoms with Gasteiger partial charge < -0.3 is 5.32 Å². The lowest BCUT2D eigenvalue weighted by Gasteiger charge is -2.27. The summed E-state index contributed by atoms with van der Waals surface area (Å²) in [5.41, 5.74) is 1.91. The first-order chi connectivity index (χ1) is 9.43. The molecule has 0 saturated carbocycles. The normalized spacial score (nSPS) is 20.9. The van der Waals surface area contributed by atoms with Gasteiger partial charge in [0.2, 0.25) is 10.0 Å². The number of sulfonamides is 1. The lowest BCUT2D eigenvalue weighted by atomic mass is 10.1. The van der Waals surface area contributed by atoms with Crippen molar-refractivity contribution >= 4 is 10.0 Å². The van der Waals surface area contributed by atoms with Gasteiger partial charge in [-0.15, -0.1) is 0 Å². The van der Waals surface area contributed by atoms with E-state index in [4.69, 9.17) is 0 Å². The number of hydrogen-bond acceptors (Lipinski definition) is 3. The van der Waals surface area contributed by atoms with Crippen LogP contribution < -0.4 is 5.32 Å². The quantitative estimate of drug-likeness (QED) is 0.929. The highest BCUT2D eigenvalue weighted by molar-refractivity contribution is 7.89. The average molecular weight is 296 g/mol. The van der Waals surface area contributed by atoms with E-state index in [1.807, 2.05) is 26.0 Å². The number of benzene rings is 1. The Morgan fingerprint density at radius 3 is 2.65 bits per heavy atom. The number of nitrogens with zero attached hydrogens (tertiary/aromatic N) is 1. The van der Waals surface area contributed by atoms with Crippen LogP contribution in [0.25, 0.3) is 0 Å². The summed E-state index contributed by atoms with van der Waals surface area (Å²) in [6.45, 7) is 5.71. The predicted molar refractivity (Wildman–Crippen MR) is 81.4 cm³/mol. The van der Waals surface area contributed by atoms with Crippen LogP contribution in [0, 0.1) is 13.8 Å². The maximum atomic E-state index is 12.8. The highest BCUT2D eigenvalue weighted by Gasteiger charge is 2.29. The van der Waals surface area contributed by atoms with Crippen molar-refractivity contribution in [1.29, 1.82) is 0 Å². The molecule has 1 saturated heterocycles. The Balaban J connectivity index is 2.28. The molecule has 4 nitrogen and oxygen atoms in total. The lowest BCUT2D eigenvalue weighted by molar-refractivity contribution is 0.341. The van der Waals surface area contributed by atoms with E-state index in [0.717, 1.165) is 43.5 Å². The van der Waals surface area contributed by atoms with Crippen molar-refractivity contribution in [2.75, 3.05) is 20.1 Å². The summed E-state index contributed by atoms with van der Waals surface area (Å²) in [4.78, 5) is 0.433. The molecule has 5 heteroatoms. The van der Waals surface area contributed by atoms with Gasteiger partial charge in [0.15, 0.2) is 0 Å². The fraction of sp³-hybridized carbons (Fsp3) is 0.600. The van der Waals surface area contributed by atoms with Gasteiger partial charge in [0.05, 0.1) is 4.90 Å². The van der Waals surface area contributed by atoms with E-state index in [1.54, 1.807) is 17.4 Å². The van der Waals surface area contributed by atoms with Crippen LogP contribution in [0.2, 0.25) is 0 Å². The maximum absolute atomic E-state index is 12.8. The molecule has 20 heavy (non-hydrogen) atoms.